The molecule has 1 unspecified atom stereocenters. The average molecular weight is 336 g/mol. The fraction of sp³-hybridized carbons (Fsp3) is 0.529. The average Bonchev–Trinajstić information content (AvgIpc) is 3.04. The Bertz CT molecular complexity index is 565. The highest BCUT2D eigenvalue weighted by Crippen LogP contribution is 2.24. The number of carbonyl (C=O) groups is 2. The normalized spacial score (nSPS) is 17.2. The molecular weight excluding hydrogens is 312 g/mol. The van der Waals surface area contributed by atoms with Crippen molar-refractivity contribution in [2.24, 2.45) is 0 Å². The lowest BCUT2D eigenvalue weighted by Crippen LogP contribution is -2.47. The third kappa shape index (κ3) is 4.41. The highest BCUT2D eigenvalue weighted by molar-refractivity contribution is 7.99. The standard InChI is InChI=1S/C17H24N2O3S/c1-4-6-16(20)19-12-23-11-15(19)17(21)18(2)10-13-7-5-8-14(9-13)22-3/h5,7-9,15H,4,6,10-12H2,1-3H3. The van der Waals surface area contributed by atoms with Gasteiger partial charge in [-0.3, -0.25) is 9.59 Å². The molecule has 1 aromatic rings. The Hall–Kier alpha value is -1.69. The molecule has 1 heterocycles. The molecule has 0 bridgehead atoms. The number of hydrogen-bond acceptors (Lipinski definition) is 4. The maximum Gasteiger partial charge on any atom is 0.246 e. The number of likely N-dealkylation sites (N-methyl/N-ethyl adjacent to an activating group) is 1. The van der Waals surface area contributed by atoms with E-state index in [0.29, 0.717) is 24.6 Å². The molecule has 1 aromatic carbocycles. The van der Waals surface area contributed by atoms with Crippen LogP contribution in [0.3, 0.4) is 0 Å². The minimum absolute atomic E-state index is 0.00210. The maximum atomic E-state index is 12.7. The molecule has 2 rings (SSSR count). The summed E-state index contributed by atoms with van der Waals surface area (Å²) in [6.07, 6.45) is 1.31. The monoisotopic (exact) mass is 336 g/mol. The Balaban J connectivity index is 2.02. The van der Waals surface area contributed by atoms with Gasteiger partial charge in [0.05, 0.1) is 13.0 Å². The van der Waals surface area contributed by atoms with Crippen LogP contribution >= 0.6 is 11.8 Å². The molecule has 1 fully saturated rings. The highest BCUT2D eigenvalue weighted by Gasteiger charge is 2.35. The minimum Gasteiger partial charge on any atom is -0.497 e. The minimum atomic E-state index is -0.338. The summed E-state index contributed by atoms with van der Waals surface area (Å²) in [6, 6.07) is 7.34. The Morgan fingerprint density at radius 2 is 2.22 bits per heavy atom. The Kier molecular flexibility index (Phi) is 6.33. The van der Waals surface area contributed by atoms with E-state index in [1.807, 2.05) is 31.2 Å². The van der Waals surface area contributed by atoms with Crippen LogP contribution in [-0.4, -0.2) is 53.4 Å². The van der Waals surface area contributed by atoms with Crippen LogP contribution < -0.4 is 4.74 Å². The van der Waals surface area contributed by atoms with E-state index in [0.717, 1.165) is 17.7 Å². The van der Waals surface area contributed by atoms with E-state index < -0.39 is 0 Å². The van der Waals surface area contributed by atoms with Gasteiger partial charge in [-0.15, -0.1) is 11.8 Å². The smallest absolute Gasteiger partial charge is 0.246 e. The van der Waals surface area contributed by atoms with Crippen molar-refractivity contribution in [1.82, 2.24) is 9.80 Å². The van der Waals surface area contributed by atoms with E-state index >= 15 is 0 Å². The summed E-state index contributed by atoms with van der Waals surface area (Å²) < 4.78 is 5.21. The van der Waals surface area contributed by atoms with Crippen molar-refractivity contribution >= 4 is 23.6 Å². The van der Waals surface area contributed by atoms with Crippen molar-refractivity contribution < 1.29 is 14.3 Å². The number of nitrogens with zero attached hydrogens (tertiary/aromatic N) is 2. The summed E-state index contributed by atoms with van der Waals surface area (Å²) in [5.74, 6) is 2.14. The molecule has 0 saturated carbocycles. The second-order valence-electron chi connectivity index (χ2n) is 5.68. The van der Waals surface area contributed by atoms with Crippen LogP contribution in [0.25, 0.3) is 0 Å². The number of hydrogen-bond donors (Lipinski definition) is 0. The molecule has 0 aliphatic carbocycles. The van der Waals surface area contributed by atoms with E-state index in [-0.39, 0.29) is 17.9 Å². The van der Waals surface area contributed by atoms with Crippen molar-refractivity contribution in [3.63, 3.8) is 0 Å². The fourth-order valence-electron chi connectivity index (χ4n) is 2.63. The fourth-order valence-corrected chi connectivity index (χ4v) is 3.80. The lowest BCUT2D eigenvalue weighted by Gasteiger charge is -2.27. The van der Waals surface area contributed by atoms with E-state index in [1.54, 1.807) is 35.7 Å². The molecule has 0 N–H and O–H groups in total. The van der Waals surface area contributed by atoms with Crippen molar-refractivity contribution in [2.75, 3.05) is 25.8 Å². The number of benzene rings is 1. The number of thioether (sulfide) groups is 1. The van der Waals surface area contributed by atoms with E-state index in [1.165, 1.54) is 0 Å². The molecule has 6 heteroatoms. The molecule has 0 radical (unpaired) electrons. The lowest BCUT2D eigenvalue weighted by atomic mass is 10.1. The molecular formula is C17H24N2O3S. The van der Waals surface area contributed by atoms with Crippen molar-refractivity contribution in [1.29, 1.82) is 0 Å². The summed E-state index contributed by atoms with van der Waals surface area (Å²) in [5, 5.41) is 0. The number of rotatable bonds is 6. The molecule has 1 atom stereocenters. The molecule has 126 valence electrons. The van der Waals surface area contributed by atoms with Gasteiger partial charge in [0.1, 0.15) is 11.8 Å². The SMILES string of the molecule is CCCC(=O)N1CSCC1C(=O)N(C)Cc1cccc(OC)c1. The molecule has 1 aliphatic heterocycles. The quantitative estimate of drug-likeness (QED) is 0.800. The second-order valence-corrected chi connectivity index (χ2v) is 6.67. The molecule has 23 heavy (non-hydrogen) atoms. The number of ether oxygens (including phenoxy) is 1. The van der Waals surface area contributed by atoms with Gasteiger partial charge in [0, 0.05) is 25.8 Å². The summed E-state index contributed by atoms with van der Waals surface area (Å²) in [5.41, 5.74) is 1.01. The van der Waals surface area contributed by atoms with Crippen LogP contribution in [-0.2, 0) is 16.1 Å². The summed E-state index contributed by atoms with van der Waals surface area (Å²) in [4.78, 5) is 28.3. The predicted octanol–water partition coefficient (Wildman–Crippen LogP) is 2.36. The van der Waals surface area contributed by atoms with Gasteiger partial charge in [0.25, 0.3) is 0 Å². The van der Waals surface area contributed by atoms with Gasteiger partial charge in [-0.1, -0.05) is 19.1 Å². The molecule has 5 nitrogen and oxygen atoms in total. The number of carbonyl (C=O) groups excluding carboxylic acids is 2. The lowest BCUT2D eigenvalue weighted by molar-refractivity contribution is -0.142. The highest BCUT2D eigenvalue weighted by atomic mass is 32.2. The van der Waals surface area contributed by atoms with Gasteiger partial charge >= 0.3 is 0 Å². The van der Waals surface area contributed by atoms with Crippen molar-refractivity contribution in [3.05, 3.63) is 29.8 Å². The van der Waals surface area contributed by atoms with Gasteiger partial charge in [0.2, 0.25) is 11.8 Å². The van der Waals surface area contributed by atoms with Crippen LogP contribution in [0.4, 0.5) is 0 Å². The first-order chi connectivity index (χ1) is 11.1. The van der Waals surface area contributed by atoms with Crippen molar-refractivity contribution in [2.45, 2.75) is 32.4 Å². The zero-order valence-corrected chi connectivity index (χ0v) is 14.8. The van der Waals surface area contributed by atoms with E-state index in [4.69, 9.17) is 4.74 Å². The van der Waals surface area contributed by atoms with Crippen LogP contribution in [0.15, 0.2) is 24.3 Å². The van der Waals surface area contributed by atoms with Gasteiger partial charge in [-0.25, -0.2) is 0 Å². The maximum absolute atomic E-state index is 12.7. The molecule has 0 aromatic heterocycles. The van der Waals surface area contributed by atoms with Gasteiger partial charge in [-0.2, -0.15) is 0 Å². The predicted molar refractivity (Wildman–Crippen MR) is 92.3 cm³/mol. The number of amides is 2. The van der Waals surface area contributed by atoms with E-state index in [9.17, 15) is 9.59 Å². The zero-order chi connectivity index (χ0) is 16.8. The third-order valence-electron chi connectivity index (χ3n) is 3.88. The van der Waals surface area contributed by atoms with Crippen molar-refractivity contribution in [3.8, 4) is 5.75 Å². The Morgan fingerprint density at radius 1 is 1.43 bits per heavy atom. The Morgan fingerprint density at radius 3 is 2.91 bits per heavy atom. The van der Waals surface area contributed by atoms with Gasteiger partial charge in [0.15, 0.2) is 0 Å². The molecule has 1 aliphatic rings. The first-order valence-electron chi connectivity index (χ1n) is 7.82. The molecule has 0 spiro atoms. The number of methoxy groups -OCH3 is 1. The van der Waals surface area contributed by atoms with Gasteiger partial charge < -0.3 is 14.5 Å². The van der Waals surface area contributed by atoms with Crippen LogP contribution in [0.2, 0.25) is 0 Å². The van der Waals surface area contributed by atoms with Crippen LogP contribution in [0.1, 0.15) is 25.3 Å². The first kappa shape index (κ1) is 17.7. The second kappa shape index (κ2) is 8.24. The van der Waals surface area contributed by atoms with Crippen LogP contribution in [0, 0.1) is 0 Å². The summed E-state index contributed by atoms with van der Waals surface area (Å²) in [6.45, 7) is 2.49. The zero-order valence-electron chi connectivity index (χ0n) is 13.9. The third-order valence-corrected chi connectivity index (χ3v) is 4.89. The summed E-state index contributed by atoms with van der Waals surface area (Å²) >= 11 is 1.64. The first-order valence-corrected chi connectivity index (χ1v) is 8.97. The summed E-state index contributed by atoms with van der Waals surface area (Å²) in [7, 11) is 3.41. The van der Waals surface area contributed by atoms with Crippen LogP contribution in [0.5, 0.6) is 5.75 Å². The Labute approximate surface area is 142 Å². The topological polar surface area (TPSA) is 49.9 Å². The molecule has 2 amide bonds. The molecule has 1 saturated heterocycles. The van der Waals surface area contributed by atoms with Gasteiger partial charge in [-0.05, 0) is 24.1 Å². The largest absolute Gasteiger partial charge is 0.497 e. The van der Waals surface area contributed by atoms with E-state index in [2.05, 4.69) is 0 Å².